The largest absolute Gasteiger partial charge is 0.356 e. The monoisotopic (exact) mass is 275 g/mol. The summed E-state index contributed by atoms with van der Waals surface area (Å²) in [6.45, 7) is 11.8. The van der Waals surface area contributed by atoms with Gasteiger partial charge in [-0.3, -0.25) is 0 Å². The number of pyridine rings is 1. The Kier molecular flexibility index (Phi) is 5.03. The van der Waals surface area contributed by atoms with Crippen molar-refractivity contribution in [3.63, 3.8) is 0 Å². The Balaban J connectivity index is 2.35. The van der Waals surface area contributed by atoms with Crippen LogP contribution in [0.2, 0.25) is 0 Å². The van der Waals surface area contributed by atoms with Crippen LogP contribution in [0.1, 0.15) is 50.9 Å². The number of rotatable bonds is 6. The van der Waals surface area contributed by atoms with Crippen LogP contribution in [-0.4, -0.2) is 18.1 Å². The van der Waals surface area contributed by atoms with Crippen LogP contribution in [0.25, 0.3) is 0 Å². The van der Waals surface area contributed by atoms with Crippen molar-refractivity contribution in [2.45, 2.75) is 53.5 Å². The Hall–Kier alpha value is -1.09. The Morgan fingerprint density at radius 1 is 1.15 bits per heavy atom. The summed E-state index contributed by atoms with van der Waals surface area (Å²) in [6, 6.07) is 2.30. The van der Waals surface area contributed by atoms with Gasteiger partial charge in [0.1, 0.15) is 5.82 Å². The van der Waals surface area contributed by atoms with Crippen LogP contribution in [0.3, 0.4) is 0 Å². The zero-order valence-corrected chi connectivity index (χ0v) is 13.4. The van der Waals surface area contributed by atoms with Gasteiger partial charge in [-0.2, -0.15) is 0 Å². The Morgan fingerprint density at radius 2 is 1.80 bits per heavy atom. The van der Waals surface area contributed by atoms with Crippen molar-refractivity contribution in [3.8, 4) is 0 Å². The normalized spacial score (nSPS) is 14.2. The number of fused-ring (bicyclic) bond motifs is 1. The lowest BCUT2D eigenvalue weighted by atomic mass is 10.1. The highest BCUT2D eigenvalue weighted by Gasteiger charge is 2.20. The zero-order chi connectivity index (χ0) is 14.7. The van der Waals surface area contributed by atoms with Crippen LogP contribution in [0, 0.1) is 11.8 Å². The molecule has 0 radical (unpaired) electrons. The number of nitrogens with zero attached hydrogens (tertiary/aromatic N) is 2. The highest BCUT2D eigenvalue weighted by Crippen LogP contribution is 2.28. The van der Waals surface area contributed by atoms with E-state index in [0.29, 0.717) is 18.4 Å². The van der Waals surface area contributed by atoms with Gasteiger partial charge >= 0.3 is 0 Å². The Morgan fingerprint density at radius 3 is 2.35 bits per heavy atom. The lowest BCUT2D eigenvalue weighted by Gasteiger charge is -2.29. The molecular formula is C17H29N3. The second-order valence-electron chi connectivity index (χ2n) is 6.83. The summed E-state index contributed by atoms with van der Waals surface area (Å²) in [7, 11) is 0. The van der Waals surface area contributed by atoms with E-state index in [1.54, 1.807) is 0 Å². The maximum Gasteiger partial charge on any atom is 0.133 e. The van der Waals surface area contributed by atoms with Crippen molar-refractivity contribution in [2.24, 2.45) is 17.6 Å². The summed E-state index contributed by atoms with van der Waals surface area (Å²) in [5.74, 6) is 2.40. The molecule has 1 aliphatic rings. The van der Waals surface area contributed by atoms with Gasteiger partial charge in [0.15, 0.2) is 0 Å². The third-order valence-electron chi connectivity index (χ3n) is 3.80. The average molecular weight is 275 g/mol. The second-order valence-corrected chi connectivity index (χ2v) is 6.83. The van der Waals surface area contributed by atoms with Gasteiger partial charge in [-0.15, -0.1) is 0 Å². The van der Waals surface area contributed by atoms with E-state index in [2.05, 4.69) is 38.7 Å². The van der Waals surface area contributed by atoms with Gasteiger partial charge < -0.3 is 10.6 Å². The van der Waals surface area contributed by atoms with E-state index in [-0.39, 0.29) is 0 Å². The molecule has 1 heterocycles. The third-order valence-corrected chi connectivity index (χ3v) is 3.80. The molecule has 0 amide bonds. The van der Waals surface area contributed by atoms with Gasteiger partial charge in [0.05, 0.1) is 0 Å². The number of nitrogens with two attached hydrogens (primary N) is 1. The molecule has 0 atom stereocenters. The quantitative estimate of drug-likeness (QED) is 0.867. The van der Waals surface area contributed by atoms with Gasteiger partial charge in [0.25, 0.3) is 0 Å². The molecule has 112 valence electrons. The van der Waals surface area contributed by atoms with E-state index < -0.39 is 0 Å². The van der Waals surface area contributed by atoms with Gasteiger partial charge in [0, 0.05) is 30.9 Å². The van der Waals surface area contributed by atoms with Crippen molar-refractivity contribution in [1.82, 2.24) is 4.98 Å². The van der Waals surface area contributed by atoms with Crippen molar-refractivity contribution in [3.05, 3.63) is 22.9 Å². The summed E-state index contributed by atoms with van der Waals surface area (Å²) >= 11 is 0. The van der Waals surface area contributed by atoms with Crippen molar-refractivity contribution < 1.29 is 0 Å². The summed E-state index contributed by atoms with van der Waals surface area (Å²) in [6.07, 6.45) is 3.54. The molecule has 1 aliphatic carbocycles. The van der Waals surface area contributed by atoms with Crippen molar-refractivity contribution in [2.75, 3.05) is 18.0 Å². The fourth-order valence-electron chi connectivity index (χ4n) is 3.06. The molecule has 0 spiro atoms. The molecule has 0 fully saturated rings. The molecule has 3 nitrogen and oxygen atoms in total. The van der Waals surface area contributed by atoms with E-state index in [1.165, 1.54) is 29.7 Å². The highest BCUT2D eigenvalue weighted by atomic mass is 15.2. The fourth-order valence-corrected chi connectivity index (χ4v) is 3.06. The summed E-state index contributed by atoms with van der Waals surface area (Å²) in [5, 5.41) is 0. The molecule has 0 aromatic carbocycles. The molecule has 2 N–H and O–H groups in total. The zero-order valence-electron chi connectivity index (χ0n) is 13.4. The molecule has 1 aromatic heterocycles. The van der Waals surface area contributed by atoms with Crippen LogP contribution < -0.4 is 10.6 Å². The number of aromatic nitrogens is 1. The molecule has 0 saturated carbocycles. The van der Waals surface area contributed by atoms with Gasteiger partial charge in [-0.25, -0.2) is 4.98 Å². The van der Waals surface area contributed by atoms with E-state index in [0.717, 1.165) is 25.3 Å². The minimum absolute atomic E-state index is 0.586. The average Bonchev–Trinajstić information content (AvgIpc) is 2.82. The molecule has 0 aliphatic heterocycles. The van der Waals surface area contributed by atoms with E-state index in [1.807, 2.05) is 0 Å². The first kappa shape index (κ1) is 15.3. The standard InChI is InChI=1S/C17H29N3/c1-12(2)10-20(11-13(3)4)17-15(9-18)8-14-6-5-7-16(14)19-17/h8,12-13H,5-7,9-11,18H2,1-4H3. The number of hydrogen-bond donors (Lipinski definition) is 1. The van der Waals surface area contributed by atoms with E-state index in [9.17, 15) is 0 Å². The molecule has 2 rings (SSSR count). The molecule has 1 aromatic rings. The maximum atomic E-state index is 5.98. The molecule has 0 saturated heterocycles. The highest BCUT2D eigenvalue weighted by molar-refractivity contribution is 5.51. The maximum absolute atomic E-state index is 5.98. The first-order chi connectivity index (χ1) is 9.51. The van der Waals surface area contributed by atoms with Crippen LogP contribution in [0.4, 0.5) is 5.82 Å². The second kappa shape index (κ2) is 6.57. The first-order valence-electron chi connectivity index (χ1n) is 7.98. The molecule has 0 unspecified atom stereocenters. The number of anilines is 1. The predicted molar refractivity (Wildman–Crippen MR) is 86.0 cm³/mol. The summed E-state index contributed by atoms with van der Waals surface area (Å²) < 4.78 is 0. The van der Waals surface area contributed by atoms with Crippen LogP contribution >= 0.6 is 0 Å². The predicted octanol–water partition coefficient (Wildman–Crippen LogP) is 3.15. The van der Waals surface area contributed by atoms with Crippen LogP contribution in [0.5, 0.6) is 0 Å². The Bertz CT molecular complexity index is 442. The number of aryl methyl sites for hydroxylation is 2. The minimum atomic E-state index is 0.586. The third kappa shape index (κ3) is 3.51. The molecule has 3 heteroatoms. The molecule has 20 heavy (non-hydrogen) atoms. The topological polar surface area (TPSA) is 42.2 Å². The first-order valence-corrected chi connectivity index (χ1v) is 7.98. The lowest BCUT2D eigenvalue weighted by molar-refractivity contribution is 0.546. The minimum Gasteiger partial charge on any atom is -0.356 e. The smallest absolute Gasteiger partial charge is 0.133 e. The van der Waals surface area contributed by atoms with E-state index >= 15 is 0 Å². The number of hydrogen-bond acceptors (Lipinski definition) is 3. The van der Waals surface area contributed by atoms with Crippen LogP contribution in [0.15, 0.2) is 6.07 Å². The Labute approximate surface area is 123 Å². The SMILES string of the molecule is CC(C)CN(CC(C)C)c1nc2c(cc1CN)CCC2. The van der Waals surface area contributed by atoms with Gasteiger partial charge in [-0.1, -0.05) is 27.7 Å². The lowest BCUT2D eigenvalue weighted by Crippen LogP contribution is -2.33. The summed E-state index contributed by atoms with van der Waals surface area (Å²) in [4.78, 5) is 7.42. The van der Waals surface area contributed by atoms with Crippen molar-refractivity contribution >= 4 is 5.82 Å². The van der Waals surface area contributed by atoms with Crippen LogP contribution in [-0.2, 0) is 19.4 Å². The van der Waals surface area contributed by atoms with Crippen molar-refractivity contribution in [1.29, 1.82) is 0 Å². The molecular weight excluding hydrogens is 246 g/mol. The summed E-state index contributed by atoms with van der Waals surface area (Å²) in [5.41, 5.74) is 9.91. The molecule has 0 bridgehead atoms. The van der Waals surface area contributed by atoms with Gasteiger partial charge in [0.2, 0.25) is 0 Å². The fraction of sp³-hybridized carbons (Fsp3) is 0.706. The van der Waals surface area contributed by atoms with E-state index in [4.69, 9.17) is 10.7 Å². The van der Waals surface area contributed by atoms with Gasteiger partial charge in [-0.05, 0) is 42.7 Å².